The van der Waals surface area contributed by atoms with E-state index in [1.165, 1.54) is 51.6 Å². The average Bonchev–Trinajstić information content (AvgIpc) is 2.97. The Morgan fingerprint density at radius 1 is 0.944 bits per heavy atom. The van der Waals surface area contributed by atoms with E-state index in [1.807, 2.05) is 0 Å². The van der Waals surface area contributed by atoms with Crippen LogP contribution in [0.25, 0.3) is 0 Å². The fraction of sp³-hybridized carbons (Fsp3) is 0.929. The van der Waals surface area contributed by atoms with Crippen molar-refractivity contribution < 1.29 is 4.79 Å². The maximum Gasteiger partial charge on any atom is 0.317 e. The van der Waals surface area contributed by atoms with E-state index in [-0.39, 0.29) is 6.03 Å². The number of hydrogen-bond acceptors (Lipinski definition) is 2. The summed E-state index contributed by atoms with van der Waals surface area (Å²) in [5.41, 5.74) is 0. The van der Waals surface area contributed by atoms with E-state index in [1.54, 1.807) is 0 Å². The maximum atomic E-state index is 12.3. The molecular formula is C14H25N3O. The van der Waals surface area contributed by atoms with Gasteiger partial charge in [-0.25, -0.2) is 4.79 Å². The van der Waals surface area contributed by atoms with E-state index in [0.717, 1.165) is 19.5 Å². The van der Waals surface area contributed by atoms with E-state index >= 15 is 0 Å². The van der Waals surface area contributed by atoms with Crippen molar-refractivity contribution in [2.75, 3.05) is 26.2 Å². The minimum atomic E-state index is 0.190. The van der Waals surface area contributed by atoms with Crippen molar-refractivity contribution in [1.82, 2.24) is 15.1 Å². The summed E-state index contributed by atoms with van der Waals surface area (Å²) in [5, 5.41) is 3.22. The van der Waals surface area contributed by atoms with E-state index < -0.39 is 0 Å². The van der Waals surface area contributed by atoms with Crippen molar-refractivity contribution in [2.45, 2.75) is 57.0 Å². The Kier molecular flexibility index (Phi) is 3.73. The number of carbonyl (C=O) groups excluding carboxylic acids is 1. The standard InChI is InChI=1S/C14H25N3O/c18-14(15-12-5-1-2-6-12)17-10-4-9-16-8-3-7-13(16)11-17/h12-13H,1-11H2,(H,15,18). The molecule has 1 aliphatic carbocycles. The number of amides is 2. The molecule has 1 saturated carbocycles. The van der Waals surface area contributed by atoms with Crippen LogP contribution in [-0.2, 0) is 0 Å². The molecule has 0 aromatic heterocycles. The normalized spacial score (nSPS) is 30.2. The highest BCUT2D eigenvalue weighted by Gasteiger charge is 2.31. The molecule has 1 N–H and O–H groups in total. The van der Waals surface area contributed by atoms with Gasteiger partial charge in [-0.05, 0) is 38.6 Å². The molecule has 2 aliphatic heterocycles. The Morgan fingerprint density at radius 2 is 1.72 bits per heavy atom. The Labute approximate surface area is 110 Å². The summed E-state index contributed by atoms with van der Waals surface area (Å²) in [4.78, 5) is 16.9. The minimum absolute atomic E-state index is 0.190. The fourth-order valence-corrected chi connectivity index (χ4v) is 3.73. The van der Waals surface area contributed by atoms with Crippen molar-refractivity contribution in [3.63, 3.8) is 0 Å². The molecule has 0 bridgehead atoms. The van der Waals surface area contributed by atoms with Crippen LogP contribution in [0.3, 0.4) is 0 Å². The molecule has 2 saturated heterocycles. The van der Waals surface area contributed by atoms with Crippen LogP contribution < -0.4 is 5.32 Å². The summed E-state index contributed by atoms with van der Waals surface area (Å²) in [6.45, 7) is 4.30. The van der Waals surface area contributed by atoms with Crippen molar-refractivity contribution >= 4 is 6.03 Å². The van der Waals surface area contributed by atoms with Gasteiger partial charge in [-0.3, -0.25) is 4.90 Å². The van der Waals surface area contributed by atoms with Crippen LogP contribution >= 0.6 is 0 Å². The summed E-state index contributed by atoms with van der Waals surface area (Å²) in [6.07, 6.45) is 8.62. The lowest BCUT2D eigenvalue weighted by molar-refractivity contribution is 0.185. The quantitative estimate of drug-likeness (QED) is 0.771. The van der Waals surface area contributed by atoms with Gasteiger partial charge in [-0.15, -0.1) is 0 Å². The molecule has 3 fully saturated rings. The Hall–Kier alpha value is -0.770. The van der Waals surface area contributed by atoms with Crippen LogP contribution in [0.15, 0.2) is 0 Å². The molecule has 2 heterocycles. The summed E-state index contributed by atoms with van der Waals surface area (Å²) in [5.74, 6) is 0. The topological polar surface area (TPSA) is 35.6 Å². The lowest BCUT2D eigenvalue weighted by Gasteiger charge is -2.27. The highest BCUT2D eigenvalue weighted by atomic mass is 16.2. The first-order valence-electron chi connectivity index (χ1n) is 7.62. The number of nitrogens with one attached hydrogen (secondary N) is 1. The number of carbonyl (C=O) groups is 1. The molecule has 0 spiro atoms. The van der Waals surface area contributed by atoms with Crippen LogP contribution in [-0.4, -0.2) is 54.1 Å². The average molecular weight is 251 g/mol. The Bertz CT molecular complexity index is 301. The molecule has 1 unspecified atom stereocenters. The van der Waals surface area contributed by atoms with Gasteiger partial charge in [-0.2, -0.15) is 0 Å². The smallest absolute Gasteiger partial charge is 0.317 e. The lowest BCUT2D eigenvalue weighted by Crippen LogP contribution is -2.47. The van der Waals surface area contributed by atoms with Gasteiger partial charge in [0, 0.05) is 31.7 Å². The predicted molar refractivity (Wildman–Crippen MR) is 71.6 cm³/mol. The largest absolute Gasteiger partial charge is 0.335 e. The maximum absolute atomic E-state index is 12.3. The van der Waals surface area contributed by atoms with Crippen molar-refractivity contribution in [2.24, 2.45) is 0 Å². The molecule has 0 aromatic carbocycles. The molecule has 2 amide bonds. The third-order valence-corrected chi connectivity index (χ3v) is 4.77. The summed E-state index contributed by atoms with van der Waals surface area (Å²) in [6, 6.07) is 1.26. The second-order valence-electron chi connectivity index (χ2n) is 6.06. The molecule has 18 heavy (non-hydrogen) atoms. The Balaban J connectivity index is 1.55. The number of fused-ring (bicyclic) bond motifs is 1. The zero-order valence-electron chi connectivity index (χ0n) is 11.2. The van der Waals surface area contributed by atoms with Gasteiger partial charge < -0.3 is 10.2 Å². The summed E-state index contributed by atoms with van der Waals surface area (Å²) in [7, 11) is 0. The van der Waals surface area contributed by atoms with Gasteiger partial charge in [0.15, 0.2) is 0 Å². The number of hydrogen-bond donors (Lipinski definition) is 1. The van der Waals surface area contributed by atoms with Gasteiger partial charge >= 0.3 is 6.03 Å². The third-order valence-electron chi connectivity index (χ3n) is 4.77. The molecule has 1 atom stereocenters. The molecule has 3 rings (SSSR count). The van der Waals surface area contributed by atoms with E-state index in [9.17, 15) is 4.79 Å². The lowest BCUT2D eigenvalue weighted by atomic mass is 10.2. The second-order valence-corrected chi connectivity index (χ2v) is 6.06. The highest BCUT2D eigenvalue weighted by Crippen LogP contribution is 2.22. The van der Waals surface area contributed by atoms with Crippen molar-refractivity contribution in [3.05, 3.63) is 0 Å². The molecule has 3 aliphatic rings. The van der Waals surface area contributed by atoms with Crippen LogP contribution in [0.4, 0.5) is 4.79 Å². The molecule has 102 valence electrons. The SMILES string of the molecule is O=C(NC1CCCC1)N1CCCN2CCCC2C1. The van der Waals surface area contributed by atoms with E-state index in [4.69, 9.17) is 0 Å². The molecule has 4 heteroatoms. The zero-order valence-corrected chi connectivity index (χ0v) is 11.2. The van der Waals surface area contributed by atoms with E-state index in [0.29, 0.717) is 12.1 Å². The third kappa shape index (κ3) is 2.63. The number of nitrogens with zero attached hydrogens (tertiary/aromatic N) is 2. The van der Waals surface area contributed by atoms with Gasteiger partial charge in [-0.1, -0.05) is 12.8 Å². The van der Waals surface area contributed by atoms with Crippen molar-refractivity contribution in [3.8, 4) is 0 Å². The molecule has 4 nitrogen and oxygen atoms in total. The van der Waals surface area contributed by atoms with Crippen LogP contribution in [0.1, 0.15) is 44.9 Å². The minimum Gasteiger partial charge on any atom is -0.335 e. The van der Waals surface area contributed by atoms with Gasteiger partial charge in [0.2, 0.25) is 0 Å². The summed E-state index contributed by atoms with van der Waals surface area (Å²) >= 11 is 0. The van der Waals surface area contributed by atoms with Crippen LogP contribution in [0, 0.1) is 0 Å². The van der Waals surface area contributed by atoms with Gasteiger partial charge in [0.1, 0.15) is 0 Å². The number of rotatable bonds is 1. The first-order valence-corrected chi connectivity index (χ1v) is 7.62. The molecular weight excluding hydrogens is 226 g/mol. The fourth-order valence-electron chi connectivity index (χ4n) is 3.73. The van der Waals surface area contributed by atoms with Crippen molar-refractivity contribution in [1.29, 1.82) is 0 Å². The first kappa shape index (κ1) is 12.3. The number of urea groups is 1. The first-order chi connectivity index (χ1) is 8.83. The summed E-state index contributed by atoms with van der Waals surface area (Å²) < 4.78 is 0. The van der Waals surface area contributed by atoms with Crippen LogP contribution in [0.5, 0.6) is 0 Å². The second kappa shape index (κ2) is 5.47. The zero-order chi connectivity index (χ0) is 12.4. The Morgan fingerprint density at radius 3 is 2.56 bits per heavy atom. The van der Waals surface area contributed by atoms with Crippen LogP contribution in [0.2, 0.25) is 0 Å². The molecule has 0 radical (unpaired) electrons. The monoisotopic (exact) mass is 251 g/mol. The molecule has 0 aromatic rings. The van der Waals surface area contributed by atoms with Gasteiger partial charge in [0.25, 0.3) is 0 Å². The van der Waals surface area contributed by atoms with E-state index in [2.05, 4.69) is 15.1 Å². The predicted octanol–water partition coefficient (Wildman–Crippen LogP) is 1.81. The van der Waals surface area contributed by atoms with Gasteiger partial charge in [0.05, 0.1) is 0 Å². The highest BCUT2D eigenvalue weighted by molar-refractivity contribution is 5.74.